The van der Waals surface area contributed by atoms with Gasteiger partial charge in [-0.15, -0.1) is 0 Å². The lowest BCUT2D eigenvalue weighted by Crippen LogP contribution is -2.43. The molecule has 0 radical (unpaired) electrons. The molecule has 4 heteroatoms. The first-order valence-electron chi connectivity index (χ1n) is 22.2. The van der Waals surface area contributed by atoms with Crippen LogP contribution in [-0.4, -0.2) is 11.9 Å². The summed E-state index contributed by atoms with van der Waals surface area (Å²) in [6.45, 7) is 0. The minimum Gasteiger partial charge on any atom is -0.366 e. The molecular formula is C59H50N4. The molecule has 3 N–H and O–H groups in total. The van der Waals surface area contributed by atoms with Crippen LogP contribution < -0.4 is 16.0 Å². The standard InChI is InChI=1S/C59H50N4/c1-63-57(45-32-28-43(29-33-45)51-21-13-19-49(39-51)41-16-6-3-7-17-41)53-23-9-11-25-55(53)61-59(63)47-36-34-46(35-37-47)58-60-54-24-10-8-22-52(54)56(62-58)44-30-26-42(27-31-44)50-20-12-18-48(38-50)40-14-4-2-5-15-40/h2-7,9-21,23-39,56-62H,8,22H2,1H3. The lowest BCUT2D eigenvalue weighted by molar-refractivity contribution is 0.209. The SMILES string of the molecule is CN1C(c2ccc(C3NC4=C(CCC=C4)C(c4ccc(-c5cccc(-c6ccccc6)c5)cc4)N3)cc2)Nc2ccccc2C1c1ccc(-c2cccc(-c3ccccc3)c2)cc1. The average molecular weight is 815 g/mol. The molecule has 0 amide bonds. The van der Waals surface area contributed by atoms with Crippen molar-refractivity contribution in [1.29, 1.82) is 0 Å². The van der Waals surface area contributed by atoms with Gasteiger partial charge in [0, 0.05) is 11.4 Å². The van der Waals surface area contributed by atoms with E-state index in [-0.39, 0.29) is 24.4 Å². The van der Waals surface area contributed by atoms with E-state index in [1.165, 1.54) is 89.3 Å². The maximum absolute atomic E-state index is 4.02. The van der Waals surface area contributed by atoms with E-state index in [1.807, 2.05) is 0 Å². The van der Waals surface area contributed by atoms with Crippen molar-refractivity contribution in [1.82, 2.24) is 15.5 Å². The zero-order valence-corrected chi connectivity index (χ0v) is 35.5. The van der Waals surface area contributed by atoms with E-state index < -0.39 is 0 Å². The molecule has 306 valence electrons. The second-order valence-corrected chi connectivity index (χ2v) is 17.1. The summed E-state index contributed by atoms with van der Waals surface area (Å²) >= 11 is 0. The van der Waals surface area contributed by atoms with E-state index in [2.05, 4.69) is 246 Å². The highest BCUT2D eigenvalue weighted by molar-refractivity contribution is 5.75. The maximum Gasteiger partial charge on any atom is 0.106 e. The summed E-state index contributed by atoms with van der Waals surface area (Å²) in [5.41, 5.74) is 19.9. The smallest absolute Gasteiger partial charge is 0.106 e. The molecule has 8 aromatic rings. The van der Waals surface area contributed by atoms with Crippen LogP contribution in [0.3, 0.4) is 0 Å². The van der Waals surface area contributed by atoms with E-state index in [0.29, 0.717) is 0 Å². The van der Waals surface area contributed by atoms with Gasteiger partial charge in [0.05, 0.1) is 12.1 Å². The molecule has 11 rings (SSSR count). The fourth-order valence-electron chi connectivity index (χ4n) is 9.90. The lowest BCUT2D eigenvalue weighted by Gasteiger charge is -2.42. The Morgan fingerprint density at radius 2 is 0.937 bits per heavy atom. The second kappa shape index (κ2) is 16.9. The predicted molar refractivity (Wildman–Crippen MR) is 261 cm³/mol. The number of nitrogens with zero attached hydrogens (tertiary/aromatic N) is 1. The minimum absolute atomic E-state index is 0.0105. The highest BCUT2D eigenvalue weighted by atomic mass is 15.3. The molecule has 63 heavy (non-hydrogen) atoms. The van der Waals surface area contributed by atoms with Crippen LogP contribution in [-0.2, 0) is 0 Å². The fourth-order valence-corrected chi connectivity index (χ4v) is 9.90. The first-order chi connectivity index (χ1) is 31.1. The first kappa shape index (κ1) is 38.7. The van der Waals surface area contributed by atoms with Gasteiger partial charge in [0.15, 0.2) is 0 Å². The van der Waals surface area contributed by atoms with Crippen molar-refractivity contribution < 1.29 is 0 Å². The minimum atomic E-state index is -0.0369. The normalized spacial score (nSPS) is 19.4. The molecule has 0 saturated heterocycles. The van der Waals surface area contributed by atoms with Crippen LogP contribution in [0.4, 0.5) is 5.69 Å². The summed E-state index contributed by atoms with van der Waals surface area (Å²) in [5, 5.41) is 11.8. The molecule has 2 aliphatic heterocycles. The molecule has 0 spiro atoms. The number of nitrogens with one attached hydrogen (secondary N) is 3. The molecule has 1 aliphatic carbocycles. The molecule has 4 unspecified atom stereocenters. The Morgan fingerprint density at radius 1 is 0.444 bits per heavy atom. The largest absolute Gasteiger partial charge is 0.366 e. The Hall–Kier alpha value is -7.24. The third-order valence-electron chi connectivity index (χ3n) is 13.2. The molecule has 0 bridgehead atoms. The quantitative estimate of drug-likeness (QED) is 0.143. The highest BCUT2D eigenvalue weighted by Gasteiger charge is 2.34. The van der Waals surface area contributed by atoms with Crippen LogP contribution in [0.5, 0.6) is 0 Å². The van der Waals surface area contributed by atoms with E-state index in [0.717, 1.165) is 12.8 Å². The second-order valence-electron chi connectivity index (χ2n) is 17.1. The molecule has 4 nitrogen and oxygen atoms in total. The molecular weight excluding hydrogens is 765 g/mol. The molecule has 0 fully saturated rings. The summed E-state index contributed by atoms with van der Waals surface area (Å²) in [5.74, 6) is 0. The molecule has 4 atom stereocenters. The molecule has 0 saturated carbocycles. The van der Waals surface area contributed by atoms with Crippen molar-refractivity contribution >= 4 is 5.69 Å². The molecule has 3 aliphatic rings. The molecule has 0 aromatic heterocycles. The number of hydrogen-bond acceptors (Lipinski definition) is 4. The van der Waals surface area contributed by atoms with Gasteiger partial charge in [-0.1, -0.05) is 194 Å². The Balaban J connectivity index is 0.835. The summed E-state index contributed by atoms with van der Waals surface area (Å²) in [6, 6.07) is 75.4. The lowest BCUT2D eigenvalue weighted by atomic mass is 9.87. The fraction of sp³-hybridized carbons (Fsp3) is 0.119. The summed E-state index contributed by atoms with van der Waals surface area (Å²) in [6.07, 6.45) is 6.63. The van der Waals surface area contributed by atoms with Gasteiger partial charge in [-0.2, -0.15) is 0 Å². The number of hydrogen-bond donors (Lipinski definition) is 3. The summed E-state index contributed by atoms with van der Waals surface area (Å²) in [7, 11) is 2.24. The molecule has 8 aromatic carbocycles. The van der Waals surface area contributed by atoms with Crippen molar-refractivity contribution in [3.8, 4) is 44.5 Å². The van der Waals surface area contributed by atoms with Gasteiger partial charge >= 0.3 is 0 Å². The third-order valence-corrected chi connectivity index (χ3v) is 13.2. The van der Waals surface area contributed by atoms with Crippen molar-refractivity contribution in [2.75, 3.05) is 12.4 Å². The van der Waals surface area contributed by atoms with Gasteiger partial charge < -0.3 is 10.6 Å². The number of allylic oxidation sites excluding steroid dienone is 2. The van der Waals surface area contributed by atoms with Crippen molar-refractivity contribution in [2.45, 2.75) is 37.3 Å². The molecule has 2 heterocycles. The Bertz CT molecular complexity index is 2930. The van der Waals surface area contributed by atoms with Crippen LogP contribution in [0.15, 0.2) is 230 Å². The number of rotatable bonds is 8. The topological polar surface area (TPSA) is 39.3 Å². The first-order valence-corrected chi connectivity index (χ1v) is 22.2. The van der Waals surface area contributed by atoms with Crippen molar-refractivity contribution in [3.05, 3.63) is 257 Å². The monoisotopic (exact) mass is 814 g/mol. The van der Waals surface area contributed by atoms with E-state index in [9.17, 15) is 0 Å². The number of fused-ring (bicyclic) bond motifs is 1. The van der Waals surface area contributed by atoms with Crippen LogP contribution in [0.1, 0.15) is 65.1 Å². The maximum atomic E-state index is 4.02. The van der Waals surface area contributed by atoms with Crippen molar-refractivity contribution in [2.24, 2.45) is 0 Å². The third kappa shape index (κ3) is 7.69. The van der Waals surface area contributed by atoms with Crippen LogP contribution in [0.25, 0.3) is 44.5 Å². The zero-order chi connectivity index (χ0) is 42.1. The summed E-state index contributed by atoms with van der Waals surface area (Å²) < 4.78 is 0. The zero-order valence-electron chi connectivity index (χ0n) is 35.5. The Labute approximate surface area is 371 Å². The van der Waals surface area contributed by atoms with Crippen molar-refractivity contribution in [3.63, 3.8) is 0 Å². The predicted octanol–water partition coefficient (Wildman–Crippen LogP) is 14.0. The Kier molecular flexibility index (Phi) is 10.4. The van der Waals surface area contributed by atoms with Gasteiger partial charge in [-0.3, -0.25) is 10.2 Å². The van der Waals surface area contributed by atoms with Gasteiger partial charge in [0.25, 0.3) is 0 Å². The van der Waals surface area contributed by atoms with Gasteiger partial charge in [-0.25, -0.2) is 0 Å². The average Bonchev–Trinajstić information content (AvgIpc) is 3.37. The van der Waals surface area contributed by atoms with E-state index in [1.54, 1.807) is 0 Å². The van der Waals surface area contributed by atoms with Crippen LogP contribution in [0, 0.1) is 0 Å². The summed E-state index contributed by atoms with van der Waals surface area (Å²) in [4.78, 5) is 2.47. The number of anilines is 1. The number of benzene rings is 8. The number of para-hydroxylation sites is 1. The van der Waals surface area contributed by atoms with Crippen LogP contribution >= 0.6 is 0 Å². The van der Waals surface area contributed by atoms with Gasteiger partial charge in [0.2, 0.25) is 0 Å². The van der Waals surface area contributed by atoms with Crippen LogP contribution in [0.2, 0.25) is 0 Å². The Morgan fingerprint density at radius 3 is 1.54 bits per heavy atom. The van der Waals surface area contributed by atoms with E-state index in [4.69, 9.17) is 0 Å². The van der Waals surface area contributed by atoms with Gasteiger partial charge in [0.1, 0.15) is 12.3 Å². The van der Waals surface area contributed by atoms with Gasteiger partial charge in [-0.05, 0) is 122 Å². The van der Waals surface area contributed by atoms with E-state index >= 15 is 0 Å². The highest BCUT2D eigenvalue weighted by Crippen LogP contribution is 2.44.